The van der Waals surface area contributed by atoms with E-state index in [2.05, 4.69) is 10.1 Å². The topological polar surface area (TPSA) is 116 Å². The molecule has 1 aromatic carbocycles. The minimum Gasteiger partial charge on any atom is -0.496 e. The van der Waals surface area contributed by atoms with Crippen LogP contribution in [0.25, 0.3) is 0 Å². The maximum absolute atomic E-state index is 12.9. The highest BCUT2D eigenvalue weighted by Crippen LogP contribution is 2.29. The molecule has 1 aliphatic rings. The zero-order chi connectivity index (χ0) is 18.8. The van der Waals surface area contributed by atoms with Gasteiger partial charge in [0.2, 0.25) is 0 Å². The summed E-state index contributed by atoms with van der Waals surface area (Å²) >= 11 is 0. The zero-order valence-corrected chi connectivity index (χ0v) is 15.8. The summed E-state index contributed by atoms with van der Waals surface area (Å²) in [5, 5.41) is 1.52. The molecule has 0 unspecified atom stereocenters. The van der Waals surface area contributed by atoms with Crippen molar-refractivity contribution in [1.82, 2.24) is 5.32 Å². The fourth-order valence-electron chi connectivity index (χ4n) is 2.80. The number of carbonyl (C=O) groups excluding carboxylic acids is 1. The number of hydrogen-bond acceptors (Lipinski definition) is 8. The predicted octanol–water partition coefficient (Wildman–Crippen LogP) is -0.294. The van der Waals surface area contributed by atoms with Gasteiger partial charge in [-0.05, 0) is 30.7 Å². The van der Waals surface area contributed by atoms with Crippen molar-refractivity contribution < 1.29 is 31.1 Å². The molecule has 1 heterocycles. The summed E-state index contributed by atoms with van der Waals surface area (Å²) in [7, 11) is -4.77. The number of carbonyl (C=O) groups is 1. The molecule has 0 aromatic heterocycles. The van der Waals surface area contributed by atoms with Gasteiger partial charge in [-0.1, -0.05) is 0 Å². The van der Waals surface area contributed by atoms with Crippen molar-refractivity contribution in [3.8, 4) is 5.75 Å². The Hall–Kier alpha value is -1.65. The van der Waals surface area contributed by atoms with Crippen molar-refractivity contribution in [2.24, 2.45) is 0 Å². The lowest BCUT2D eigenvalue weighted by molar-refractivity contribution is -0.139. The molecule has 1 N–H and O–H groups in total. The molecule has 1 aromatic rings. The first-order chi connectivity index (χ1) is 11.6. The van der Waals surface area contributed by atoms with E-state index in [1.54, 1.807) is 6.92 Å². The molecule has 25 heavy (non-hydrogen) atoms. The molecule has 8 nitrogen and oxygen atoms in total. The highest BCUT2D eigenvalue weighted by molar-refractivity contribution is 7.96. The van der Waals surface area contributed by atoms with Gasteiger partial charge >= 0.3 is 5.97 Å². The van der Waals surface area contributed by atoms with Crippen molar-refractivity contribution in [1.29, 1.82) is 0 Å². The Bertz CT molecular complexity index is 862. The van der Waals surface area contributed by atoms with Crippen LogP contribution >= 0.6 is 0 Å². The van der Waals surface area contributed by atoms with Gasteiger partial charge in [-0.15, -0.1) is 0 Å². The van der Waals surface area contributed by atoms with Gasteiger partial charge in [-0.25, -0.2) is 16.8 Å². The minimum atomic E-state index is -3.91. The Morgan fingerprint density at radius 1 is 1.28 bits per heavy atom. The van der Waals surface area contributed by atoms with E-state index in [9.17, 15) is 21.6 Å². The maximum Gasteiger partial charge on any atom is 0.319 e. The highest BCUT2D eigenvalue weighted by Gasteiger charge is 2.45. The smallest absolute Gasteiger partial charge is 0.319 e. The third kappa shape index (κ3) is 4.31. The Labute approximate surface area is 147 Å². The number of nitrogens with one attached hydrogen (secondary N) is 1. The van der Waals surface area contributed by atoms with Gasteiger partial charge in [-0.2, -0.15) is 0 Å². The highest BCUT2D eigenvalue weighted by atomic mass is 32.2. The first kappa shape index (κ1) is 19.7. The van der Waals surface area contributed by atoms with E-state index in [1.165, 1.54) is 32.4 Å². The largest absolute Gasteiger partial charge is 0.496 e. The number of hydrogen-bond donors (Lipinski definition) is 1. The molecule has 1 aliphatic heterocycles. The average molecular weight is 391 g/mol. The third-order valence-corrected chi connectivity index (χ3v) is 8.28. The minimum absolute atomic E-state index is 0.0257. The standard InChI is InChI=1S/C15H21NO7S2/c1-10-6-11(4-5-13(10)22-2)25(20,21)14-9-24(18,19)8-12(14)16-7-15(17)23-3/h4-6,12,14,16H,7-9H2,1-3H3/t12-,14-/m0/s1. The second-order valence-corrected chi connectivity index (χ2v) is 10.2. The average Bonchev–Trinajstić information content (AvgIpc) is 2.88. The van der Waals surface area contributed by atoms with Crippen molar-refractivity contribution in [3.63, 3.8) is 0 Å². The normalized spacial score (nSPS) is 22.5. The fraction of sp³-hybridized carbons (Fsp3) is 0.533. The summed E-state index contributed by atoms with van der Waals surface area (Å²) in [6.45, 7) is 1.45. The van der Waals surface area contributed by atoms with Gasteiger partial charge < -0.3 is 14.8 Å². The van der Waals surface area contributed by atoms with Crippen LogP contribution in [-0.4, -0.2) is 66.4 Å². The lowest BCUT2D eigenvalue weighted by Gasteiger charge is -2.20. The first-order valence-corrected chi connectivity index (χ1v) is 10.9. The summed E-state index contributed by atoms with van der Waals surface area (Å²) in [6, 6.07) is 3.50. The molecule has 0 radical (unpaired) electrons. The number of rotatable bonds is 6. The van der Waals surface area contributed by atoms with E-state index in [0.717, 1.165) is 0 Å². The zero-order valence-electron chi connectivity index (χ0n) is 14.2. The molecule has 1 saturated heterocycles. The van der Waals surface area contributed by atoms with Crippen LogP contribution in [-0.2, 0) is 29.2 Å². The Morgan fingerprint density at radius 2 is 1.96 bits per heavy atom. The van der Waals surface area contributed by atoms with Crippen LogP contribution in [0.15, 0.2) is 23.1 Å². The van der Waals surface area contributed by atoms with Crippen molar-refractivity contribution in [3.05, 3.63) is 23.8 Å². The molecular formula is C15H21NO7S2. The predicted molar refractivity (Wildman–Crippen MR) is 91.2 cm³/mol. The van der Waals surface area contributed by atoms with Gasteiger partial charge in [-0.3, -0.25) is 4.79 Å². The Balaban J connectivity index is 2.34. The molecular weight excluding hydrogens is 370 g/mol. The maximum atomic E-state index is 12.9. The molecule has 0 bridgehead atoms. The van der Waals surface area contributed by atoms with E-state index >= 15 is 0 Å². The van der Waals surface area contributed by atoms with Gasteiger partial charge in [0.1, 0.15) is 5.75 Å². The van der Waals surface area contributed by atoms with Crippen LogP contribution in [0.5, 0.6) is 5.75 Å². The quantitative estimate of drug-likeness (QED) is 0.658. The molecule has 140 valence electrons. The number of benzene rings is 1. The van der Waals surface area contributed by atoms with E-state index in [-0.39, 0.29) is 17.2 Å². The summed E-state index contributed by atoms with van der Waals surface area (Å²) < 4.78 is 59.4. The van der Waals surface area contributed by atoms with Crippen LogP contribution in [0.3, 0.4) is 0 Å². The summed E-state index contributed by atoms with van der Waals surface area (Å²) in [4.78, 5) is 11.3. The number of sulfone groups is 2. The number of ether oxygens (including phenoxy) is 2. The van der Waals surface area contributed by atoms with Crippen LogP contribution in [0.1, 0.15) is 5.56 Å². The van der Waals surface area contributed by atoms with Gasteiger partial charge in [0.15, 0.2) is 19.7 Å². The summed E-state index contributed by atoms with van der Waals surface area (Å²) in [5.41, 5.74) is 0.628. The monoisotopic (exact) mass is 391 g/mol. The summed E-state index contributed by atoms with van der Waals surface area (Å²) in [6.07, 6.45) is 0. The van der Waals surface area contributed by atoms with E-state index in [4.69, 9.17) is 4.74 Å². The van der Waals surface area contributed by atoms with E-state index in [0.29, 0.717) is 11.3 Å². The molecule has 10 heteroatoms. The van der Waals surface area contributed by atoms with Gasteiger partial charge in [0, 0.05) is 6.04 Å². The lowest BCUT2D eigenvalue weighted by atomic mass is 10.2. The van der Waals surface area contributed by atoms with Crippen LogP contribution in [0.4, 0.5) is 0 Å². The molecule has 2 rings (SSSR count). The summed E-state index contributed by atoms with van der Waals surface area (Å²) in [5.74, 6) is -0.887. The van der Waals surface area contributed by atoms with Gasteiger partial charge in [0.25, 0.3) is 0 Å². The second-order valence-electron chi connectivity index (χ2n) is 5.86. The molecule has 0 saturated carbocycles. The molecule has 0 amide bonds. The second kappa shape index (κ2) is 7.30. The van der Waals surface area contributed by atoms with Gasteiger partial charge in [0.05, 0.1) is 42.4 Å². The van der Waals surface area contributed by atoms with E-state index < -0.39 is 42.7 Å². The van der Waals surface area contributed by atoms with Crippen LogP contribution in [0.2, 0.25) is 0 Å². The number of methoxy groups -OCH3 is 2. The van der Waals surface area contributed by atoms with Crippen LogP contribution in [0, 0.1) is 6.92 Å². The van der Waals surface area contributed by atoms with E-state index in [1.807, 2.05) is 0 Å². The molecule has 0 aliphatic carbocycles. The first-order valence-electron chi connectivity index (χ1n) is 7.50. The molecule has 1 fully saturated rings. The number of aryl methyl sites for hydroxylation is 1. The SMILES string of the molecule is COC(=O)CN[C@H]1CS(=O)(=O)C[C@@H]1S(=O)(=O)c1ccc(OC)c(C)c1. The number of esters is 1. The molecule has 0 spiro atoms. The van der Waals surface area contributed by atoms with Crippen molar-refractivity contribution in [2.75, 3.05) is 32.3 Å². The lowest BCUT2D eigenvalue weighted by Crippen LogP contribution is -2.45. The van der Waals surface area contributed by atoms with Crippen molar-refractivity contribution in [2.45, 2.75) is 23.1 Å². The Morgan fingerprint density at radius 3 is 2.52 bits per heavy atom. The van der Waals surface area contributed by atoms with Crippen LogP contribution < -0.4 is 10.1 Å². The fourth-order valence-corrected chi connectivity index (χ4v) is 7.60. The third-order valence-electron chi connectivity index (χ3n) is 4.13. The molecule has 2 atom stereocenters. The Kier molecular flexibility index (Phi) is 5.75. The van der Waals surface area contributed by atoms with Crippen molar-refractivity contribution >= 4 is 25.6 Å².